The second-order valence-electron chi connectivity index (χ2n) is 18.3. The molecule has 9 heteroatoms. The van der Waals surface area contributed by atoms with Crippen LogP contribution in [0.4, 0.5) is 0 Å². The summed E-state index contributed by atoms with van der Waals surface area (Å²) in [6.07, 6.45) is 55.2. The molecule has 7 unspecified atom stereocenters. The van der Waals surface area contributed by atoms with Crippen LogP contribution in [0.5, 0.6) is 0 Å². The van der Waals surface area contributed by atoms with Gasteiger partial charge in [-0.25, -0.2) is 0 Å². The smallest absolute Gasteiger partial charge is 0.220 e. The standard InChI is InChI=1S/C56H99NO8/c1-3-5-7-9-11-13-15-17-19-21-22-23-24-25-26-27-28-30-32-34-36-38-40-42-44-46-52(60)57-49(48-64-56-55(63)54(62)53(61)51(47-58)65-56)50(59)45-43-41-39-37-35-33-31-29-20-18-16-14-12-10-8-6-4-2/h5,7,11,13,17,19,22-23,35,37,43,45,49-51,53-56,58-59,61-63H,3-4,6,8-10,12,14-16,18,20-21,24-34,36,38-42,44,46-48H2,1-2H3,(H,57,60)/b7-5-,13-11-,19-17-,23-22-,37-35+,45-43+. The van der Waals surface area contributed by atoms with E-state index in [2.05, 4.69) is 79.9 Å². The summed E-state index contributed by atoms with van der Waals surface area (Å²) in [7, 11) is 0. The first kappa shape index (κ1) is 60.6. The predicted molar refractivity (Wildman–Crippen MR) is 272 cm³/mol. The molecule has 0 aromatic carbocycles. The van der Waals surface area contributed by atoms with Gasteiger partial charge in [-0.2, -0.15) is 0 Å². The van der Waals surface area contributed by atoms with Gasteiger partial charge in [-0.05, 0) is 70.6 Å². The number of unbranched alkanes of at least 4 members (excludes halogenated alkanes) is 24. The molecule has 6 N–H and O–H groups in total. The number of aliphatic hydroxyl groups excluding tert-OH is 5. The van der Waals surface area contributed by atoms with Crippen molar-refractivity contribution in [2.45, 2.75) is 262 Å². The van der Waals surface area contributed by atoms with Crippen molar-refractivity contribution >= 4 is 5.91 Å². The van der Waals surface area contributed by atoms with Gasteiger partial charge >= 0.3 is 0 Å². The Kier molecular flexibility index (Phi) is 42.4. The second-order valence-corrected chi connectivity index (χ2v) is 18.3. The average molecular weight is 914 g/mol. The van der Waals surface area contributed by atoms with Gasteiger partial charge in [-0.3, -0.25) is 4.79 Å². The molecule has 1 fully saturated rings. The Bertz CT molecular complexity index is 1240. The fourth-order valence-electron chi connectivity index (χ4n) is 8.05. The monoisotopic (exact) mass is 914 g/mol. The van der Waals surface area contributed by atoms with Crippen molar-refractivity contribution in [1.82, 2.24) is 5.32 Å². The van der Waals surface area contributed by atoms with Crippen LogP contribution < -0.4 is 5.32 Å². The Morgan fingerprint density at radius 2 is 0.969 bits per heavy atom. The van der Waals surface area contributed by atoms with Gasteiger partial charge in [-0.1, -0.05) is 215 Å². The van der Waals surface area contributed by atoms with E-state index < -0.39 is 49.5 Å². The van der Waals surface area contributed by atoms with E-state index in [1.807, 2.05) is 6.08 Å². The first-order valence-corrected chi connectivity index (χ1v) is 26.7. The maximum atomic E-state index is 13.0. The Hall–Kier alpha value is -2.37. The SMILES string of the molecule is CC/C=C\C/C=C\C/C=C\C/C=C\CCCCCCCCCCCCCCC(=O)NC(COC1OC(CO)C(O)C(O)C1O)C(O)/C=C/CC/C=C/CCCCCCCCCCCCC. The van der Waals surface area contributed by atoms with E-state index >= 15 is 0 Å². The van der Waals surface area contributed by atoms with Crippen molar-refractivity contribution in [3.05, 3.63) is 72.9 Å². The van der Waals surface area contributed by atoms with E-state index in [0.29, 0.717) is 6.42 Å². The van der Waals surface area contributed by atoms with Crippen LogP contribution in [0.25, 0.3) is 0 Å². The minimum Gasteiger partial charge on any atom is -0.394 e. The molecule has 65 heavy (non-hydrogen) atoms. The molecule has 1 saturated heterocycles. The van der Waals surface area contributed by atoms with E-state index in [1.54, 1.807) is 6.08 Å². The number of hydrogen-bond acceptors (Lipinski definition) is 8. The number of nitrogens with one attached hydrogen (secondary N) is 1. The zero-order chi connectivity index (χ0) is 47.3. The molecular weight excluding hydrogens is 815 g/mol. The molecule has 0 aliphatic carbocycles. The molecule has 0 aromatic rings. The van der Waals surface area contributed by atoms with E-state index in [0.717, 1.165) is 64.2 Å². The molecule has 0 spiro atoms. The van der Waals surface area contributed by atoms with Gasteiger partial charge in [0.2, 0.25) is 5.91 Å². The van der Waals surface area contributed by atoms with Gasteiger partial charge in [0.15, 0.2) is 6.29 Å². The Balaban J connectivity index is 2.27. The molecule has 0 aromatic heterocycles. The third-order valence-electron chi connectivity index (χ3n) is 12.3. The van der Waals surface area contributed by atoms with Crippen LogP contribution in [0.15, 0.2) is 72.9 Å². The number of carbonyl (C=O) groups excluding carboxylic acids is 1. The summed E-state index contributed by atoms with van der Waals surface area (Å²) in [4.78, 5) is 13.0. The van der Waals surface area contributed by atoms with Gasteiger partial charge < -0.3 is 40.3 Å². The number of carbonyl (C=O) groups is 1. The lowest BCUT2D eigenvalue weighted by molar-refractivity contribution is -0.302. The fourth-order valence-corrected chi connectivity index (χ4v) is 8.05. The van der Waals surface area contributed by atoms with Crippen molar-refractivity contribution in [3.63, 3.8) is 0 Å². The molecule has 0 bridgehead atoms. The first-order valence-electron chi connectivity index (χ1n) is 26.7. The molecule has 9 nitrogen and oxygen atoms in total. The maximum Gasteiger partial charge on any atom is 0.220 e. The van der Waals surface area contributed by atoms with Gasteiger partial charge in [0, 0.05) is 6.42 Å². The summed E-state index contributed by atoms with van der Waals surface area (Å²) < 4.78 is 11.2. The van der Waals surface area contributed by atoms with Gasteiger partial charge in [-0.15, -0.1) is 0 Å². The number of ether oxygens (including phenoxy) is 2. The summed E-state index contributed by atoms with van der Waals surface area (Å²) >= 11 is 0. The Morgan fingerprint density at radius 3 is 1.48 bits per heavy atom. The summed E-state index contributed by atoms with van der Waals surface area (Å²) in [5.41, 5.74) is 0. The fraction of sp³-hybridized carbons (Fsp3) is 0.768. The Morgan fingerprint density at radius 1 is 0.538 bits per heavy atom. The highest BCUT2D eigenvalue weighted by Crippen LogP contribution is 2.23. The van der Waals surface area contributed by atoms with E-state index in [4.69, 9.17) is 9.47 Å². The van der Waals surface area contributed by atoms with Crippen LogP contribution in [0.1, 0.15) is 219 Å². The maximum absolute atomic E-state index is 13.0. The first-order chi connectivity index (χ1) is 31.8. The normalized spacial score (nSPS) is 20.5. The predicted octanol–water partition coefficient (Wildman–Crippen LogP) is 12.5. The van der Waals surface area contributed by atoms with Crippen molar-refractivity contribution in [1.29, 1.82) is 0 Å². The quantitative estimate of drug-likeness (QED) is 0.0261. The third-order valence-corrected chi connectivity index (χ3v) is 12.3. The summed E-state index contributed by atoms with van der Waals surface area (Å²) in [5.74, 6) is -0.191. The molecular formula is C56H99NO8. The molecule has 1 rings (SSSR count). The van der Waals surface area contributed by atoms with Crippen LogP contribution in [0.3, 0.4) is 0 Å². The molecule has 0 radical (unpaired) electrons. The van der Waals surface area contributed by atoms with E-state index in [1.165, 1.54) is 135 Å². The van der Waals surface area contributed by atoms with Crippen molar-refractivity contribution in [2.75, 3.05) is 13.2 Å². The lowest BCUT2D eigenvalue weighted by Gasteiger charge is -2.40. The van der Waals surface area contributed by atoms with Crippen LogP contribution in [0, 0.1) is 0 Å². The number of allylic oxidation sites excluding steroid dienone is 11. The van der Waals surface area contributed by atoms with Crippen molar-refractivity contribution in [3.8, 4) is 0 Å². The van der Waals surface area contributed by atoms with E-state index in [9.17, 15) is 30.3 Å². The zero-order valence-electron chi connectivity index (χ0n) is 41.5. The zero-order valence-corrected chi connectivity index (χ0v) is 41.5. The third kappa shape index (κ3) is 35.4. The highest BCUT2D eigenvalue weighted by Gasteiger charge is 2.44. The molecule has 1 amide bonds. The molecule has 1 aliphatic heterocycles. The minimum absolute atomic E-state index is 0.191. The number of hydrogen-bond donors (Lipinski definition) is 6. The van der Waals surface area contributed by atoms with Gasteiger partial charge in [0.1, 0.15) is 24.4 Å². The van der Waals surface area contributed by atoms with Gasteiger partial charge in [0.25, 0.3) is 0 Å². The lowest BCUT2D eigenvalue weighted by atomic mass is 9.99. The lowest BCUT2D eigenvalue weighted by Crippen LogP contribution is -2.60. The molecule has 1 aliphatic rings. The minimum atomic E-state index is -1.57. The largest absolute Gasteiger partial charge is 0.394 e. The van der Waals surface area contributed by atoms with Gasteiger partial charge in [0.05, 0.1) is 25.4 Å². The van der Waals surface area contributed by atoms with Crippen LogP contribution in [0.2, 0.25) is 0 Å². The van der Waals surface area contributed by atoms with Crippen molar-refractivity contribution in [2.24, 2.45) is 0 Å². The summed E-state index contributed by atoms with van der Waals surface area (Å²) in [6, 6.07) is -0.826. The van der Waals surface area contributed by atoms with Crippen molar-refractivity contribution < 1.29 is 39.8 Å². The highest BCUT2D eigenvalue weighted by atomic mass is 16.7. The topological polar surface area (TPSA) is 149 Å². The van der Waals surface area contributed by atoms with E-state index in [-0.39, 0.29) is 12.5 Å². The summed E-state index contributed by atoms with van der Waals surface area (Å²) in [5, 5.41) is 54.4. The second kappa shape index (κ2) is 45.4. The molecule has 376 valence electrons. The average Bonchev–Trinajstić information content (AvgIpc) is 3.31. The number of rotatable bonds is 44. The highest BCUT2D eigenvalue weighted by molar-refractivity contribution is 5.76. The molecule has 0 saturated carbocycles. The molecule has 1 heterocycles. The number of amides is 1. The van der Waals surface area contributed by atoms with Crippen LogP contribution >= 0.6 is 0 Å². The Labute approximate surface area is 398 Å². The van der Waals surface area contributed by atoms with Crippen LogP contribution in [-0.2, 0) is 14.3 Å². The van der Waals surface area contributed by atoms with Crippen LogP contribution in [-0.4, -0.2) is 87.5 Å². The number of aliphatic hydroxyl groups is 5. The molecule has 7 atom stereocenters. The summed E-state index contributed by atoms with van der Waals surface area (Å²) in [6.45, 7) is 3.65.